The molecule has 0 aromatic heterocycles. The van der Waals surface area contributed by atoms with Crippen LogP contribution >= 0.6 is 11.8 Å². The molecule has 3 rings (SSSR count). The van der Waals surface area contributed by atoms with E-state index in [1.165, 1.54) is 16.0 Å². The maximum absolute atomic E-state index is 5.72. The highest BCUT2D eigenvalue weighted by Gasteiger charge is 2.10. The molecule has 2 aromatic rings. The van der Waals surface area contributed by atoms with E-state index in [0.717, 1.165) is 36.9 Å². The van der Waals surface area contributed by atoms with Gasteiger partial charge in [0, 0.05) is 23.6 Å². The molecular weight excluding hydrogens is 282 g/mol. The maximum atomic E-state index is 5.72. The third-order valence-corrected chi connectivity index (χ3v) is 4.45. The van der Waals surface area contributed by atoms with Gasteiger partial charge in [-0.2, -0.15) is 0 Å². The molecule has 0 radical (unpaired) electrons. The number of rotatable bonds is 4. The van der Waals surface area contributed by atoms with Crippen LogP contribution in [0.2, 0.25) is 0 Å². The quantitative estimate of drug-likeness (QED) is 0.876. The van der Waals surface area contributed by atoms with Gasteiger partial charge >= 0.3 is 0 Å². The normalized spacial score (nSPS) is 13.8. The molecule has 4 heteroatoms. The monoisotopic (exact) mass is 301 g/mol. The van der Waals surface area contributed by atoms with Crippen molar-refractivity contribution in [2.45, 2.75) is 23.6 Å². The largest absolute Gasteiger partial charge is 0.490 e. The molecule has 0 unspecified atom stereocenters. The molecule has 1 aliphatic heterocycles. The molecule has 2 aromatic carbocycles. The number of benzene rings is 2. The van der Waals surface area contributed by atoms with Crippen LogP contribution in [0.15, 0.2) is 47.4 Å². The SMILES string of the molecule is NCc1ccc(CSc2ccc3c(c2)OCCCO3)cc1. The number of ether oxygens (including phenoxy) is 2. The molecule has 0 atom stereocenters. The molecule has 0 amide bonds. The number of thioether (sulfide) groups is 1. The smallest absolute Gasteiger partial charge is 0.162 e. The minimum Gasteiger partial charge on any atom is -0.490 e. The van der Waals surface area contributed by atoms with Gasteiger partial charge in [0.25, 0.3) is 0 Å². The highest BCUT2D eigenvalue weighted by Crippen LogP contribution is 2.34. The van der Waals surface area contributed by atoms with Crippen molar-refractivity contribution in [2.24, 2.45) is 5.73 Å². The lowest BCUT2D eigenvalue weighted by Gasteiger charge is -2.09. The van der Waals surface area contributed by atoms with E-state index in [2.05, 4.69) is 36.4 Å². The van der Waals surface area contributed by atoms with Crippen molar-refractivity contribution in [2.75, 3.05) is 13.2 Å². The highest BCUT2D eigenvalue weighted by molar-refractivity contribution is 7.98. The fourth-order valence-corrected chi connectivity index (χ4v) is 3.05. The Bertz CT molecular complexity index is 598. The van der Waals surface area contributed by atoms with E-state index in [1.807, 2.05) is 6.07 Å². The van der Waals surface area contributed by atoms with Gasteiger partial charge in [0.1, 0.15) is 0 Å². The average molecular weight is 301 g/mol. The second-order valence-electron chi connectivity index (χ2n) is 4.97. The summed E-state index contributed by atoms with van der Waals surface area (Å²) in [6, 6.07) is 14.6. The van der Waals surface area contributed by atoms with E-state index in [1.54, 1.807) is 11.8 Å². The zero-order valence-corrected chi connectivity index (χ0v) is 12.7. The Morgan fingerprint density at radius 1 is 0.905 bits per heavy atom. The second kappa shape index (κ2) is 6.87. The molecule has 21 heavy (non-hydrogen) atoms. The van der Waals surface area contributed by atoms with E-state index < -0.39 is 0 Å². The van der Waals surface area contributed by atoms with Crippen LogP contribution in [0, 0.1) is 0 Å². The van der Waals surface area contributed by atoms with Gasteiger partial charge in [-0.1, -0.05) is 24.3 Å². The summed E-state index contributed by atoms with van der Waals surface area (Å²) in [6.45, 7) is 2.05. The van der Waals surface area contributed by atoms with Crippen molar-refractivity contribution in [3.63, 3.8) is 0 Å². The highest BCUT2D eigenvalue weighted by atomic mass is 32.2. The zero-order valence-electron chi connectivity index (χ0n) is 11.9. The number of nitrogens with two attached hydrogens (primary N) is 1. The predicted molar refractivity (Wildman–Crippen MR) is 85.9 cm³/mol. The van der Waals surface area contributed by atoms with Crippen molar-refractivity contribution in [1.29, 1.82) is 0 Å². The molecule has 0 spiro atoms. The molecule has 1 heterocycles. The first-order valence-corrected chi connectivity index (χ1v) is 8.14. The summed E-state index contributed by atoms with van der Waals surface area (Å²) < 4.78 is 11.4. The lowest BCUT2D eigenvalue weighted by atomic mass is 10.1. The first kappa shape index (κ1) is 14.3. The first-order valence-electron chi connectivity index (χ1n) is 7.15. The minimum absolute atomic E-state index is 0.593. The molecule has 0 saturated carbocycles. The number of hydrogen-bond acceptors (Lipinski definition) is 4. The Balaban J connectivity index is 1.66. The predicted octanol–water partition coefficient (Wildman–Crippen LogP) is 3.60. The maximum Gasteiger partial charge on any atom is 0.162 e. The van der Waals surface area contributed by atoms with Gasteiger partial charge in [0.05, 0.1) is 13.2 Å². The van der Waals surface area contributed by atoms with E-state index in [-0.39, 0.29) is 0 Å². The van der Waals surface area contributed by atoms with Crippen LogP contribution in [0.25, 0.3) is 0 Å². The van der Waals surface area contributed by atoms with Crippen LogP contribution < -0.4 is 15.2 Å². The molecule has 2 N–H and O–H groups in total. The molecule has 1 aliphatic rings. The summed E-state index contributed by atoms with van der Waals surface area (Å²) in [5, 5.41) is 0. The summed E-state index contributed by atoms with van der Waals surface area (Å²) in [5.74, 6) is 2.64. The Hall–Kier alpha value is -1.65. The second-order valence-corrected chi connectivity index (χ2v) is 6.02. The van der Waals surface area contributed by atoms with Crippen molar-refractivity contribution >= 4 is 11.8 Å². The van der Waals surface area contributed by atoms with Crippen LogP contribution in [0.1, 0.15) is 17.5 Å². The van der Waals surface area contributed by atoms with Gasteiger partial charge in [0.2, 0.25) is 0 Å². The summed E-state index contributed by atoms with van der Waals surface area (Å²) in [6.07, 6.45) is 0.935. The summed E-state index contributed by atoms with van der Waals surface area (Å²) in [4.78, 5) is 1.20. The van der Waals surface area contributed by atoms with Crippen LogP contribution in [0.4, 0.5) is 0 Å². The number of fused-ring (bicyclic) bond motifs is 1. The Morgan fingerprint density at radius 3 is 2.38 bits per heavy atom. The van der Waals surface area contributed by atoms with Crippen LogP contribution in [-0.2, 0) is 12.3 Å². The third kappa shape index (κ3) is 3.71. The molecule has 3 nitrogen and oxygen atoms in total. The fourth-order valence-electron chi connectivity index (χ4n) is 2.17. The van der Waals surface area contributed by atoms with Crippen molar-refractivity contribution < 1.29 is 9.47 Å². The Labute approximate surface area is 129 Å². The molecule has 110 valence electrons. The van der Waals surface area contributed by atoms with Crippen LogP contribution in [0.3, 0.4) is 0 Å². The average Bonchev–Trinajstić information content (AvgIpc) is 2.78. The van der Waals surface area contributed by atoms with Gasteiger partial charge < -0.3 is 15.2 Å². The molecular formula is C17H19NO2S. The topological polar surface area (TPSA) is 44.5 Å². The van der Waals surface area contributed by atoms with E-state index in [9.17, 15) is 0 Å². The molecule has 0 saturated heterocycles. The van der Waals surface area contributed by atoms with Gasteiger partial charge in [-0.15, -0.1) is 11.8 Å². The van der Waals surface area contributed by atoms with Gasteiger partial charge in [-0.05, 0) is 29.3 Å². The molecule has 0 bridgehead atoms. The van der Waals surface area contributed by atoms with Gasteiger partial charge in [0.15, 0.2) is 11.5 Å². The van der Waals surface area contributed by atoms with E-state index >= 15 is 0 Å². The third-order valence-electron chi connectivity index (χ3n) is 3.38. The molecule has 0 aliphatic carbocycles. The summed E-state index contributed by atoms with van der Waals surface area (Å²) in [5.41, 5.74) is 8.07. The molecule has 0 fully saturated rings. The zero-order chi connectivity index (χ0) is 14.5. The van der Waals surface area contributed by atoms with Crippen molar-refractivity contribution in [3.8, 4) is 11.5 Å². The summed E-state index contributed by atoms with van der Waals surface area (Å²) in [7, 11) is 0. The van der Waals surface area contributed by atoms with Gasteiger partial charge in [-0.25, -0.2) is 0 Å². The summed E-state index contributed by atoms with van der Waals surface area (Å²) >= 11 is 1.80. The fraction of sp³-hybridized carbons (Fsp3) is 0.294. The Morgan fingerprint density at radius 2 is 1.62 bits per heavy atom. The minimum atomic E-state index is 0.593. The first-order chi connectivity index (χ1) is 10.3. The standard InChI is InChI=1S/C17H19NO2S/c18-11-13-2-4-14(5-3-13)12-21-15-6-7-16-17(10-15)20-9-1-8-19-16/h2-7,10H,1,8-9,11-12,18H2. The van der Waals surface area contributed by atoms with E-state index in [4.69, 9.17) is 15.2 Å². The van der Waals surface area contributed by atoms with Crippen molar-refractivity contribution in [3.05, 3.63) is 53.6 Å². The Kier molecular flexibility index (Phi) is 4.68. The van der Waals surface area contributed by atoms with Crippen LogP contribution in [-0.4, -0.2) is 13.2 Å². The lowest BCUT2D eigenvalue weighted by Crippen LogP contribution is -1.97. The number of hydrogen-bond donors (Lipinski definition) is 1. The van der Waals surface area contributed by atoms with E-state index in [0.29, 0.717) is 6.54 Å². The lowest BCUT2D eigenvalue weighted by molar-refractivity contribution is 0.297. The van der Waals surface area contributed by atoms with Crippen molar-refractivity contribution in [1.82, 2.24) is 0 Å². The van der Waals surface area contributed by atoms with Gasteiger partial charge in [-0.3, -0.25) is 0 Å². The van der Waals surface area contributed by atoms with Crippen LogP contribution in [0.5, 0.6) is 11.5 Å².